The molecule has 0 saturated carbocycles. The Morgan fingerprint density at radius 1 is 1.57 bits per heavy atom. The molecule has 6 nitrogen and oxygen atoms in total. The van der Waals surface area contributed by atoms with E-state index in [2.05, 4.69) is 4.98 Å². The fourth-order valence-electron chi connectivity index (χ4n) is 0.688. The van der Waals surface area contributed by atoms with Gasteiger partial charge in [0.2, 0.25) is 0 Å². The summed E-state index contributed by atoms with van der Waals surface area (Å²) in [5.74, 6) is 0. The summed E-state index contributed by atoms with van der Waals surface area (Å²) in [7, 11) is -5.09. The molecule has 76 valence electrons. The first-order chi connectivity index (χ1) is 6.32. The smallest absolute Gasteiger partial charge is 0.258 e. The third-order valence-corrected chi connectivity index (χ3v) is 2.52. The van der Waals surface area contributed by atoms with E-state index >= 15 is 0 Å². The van der Waals surface area contributed by atoms with Crippen molar-refractivity contribution in [2.24, 2.45) is 0 Å². The summed E-state index contributed by atoms with van der Waals surface area (Å²) in [4.78, 5) is 11.5. The molecule has 0 bridgehead atoms. The van der Waals surface area contributed by atoms with Crippen molar-refractivity contribution in [3.63, 3.8) is 0 Å². The normalized spacial score (nSPS) is 11.3. The van der Waals surface area contributed by atoms with Crippen molar-refractivity contribution in [1.82, 2.24) is 4.98 Å². The van der Waals surface area contributed by atoms with Gasteiger partial charge in [-0.1, -0.05) is 11.6 Å². The molecule has 0 radical (unpaired) electrons. The molecule has 0 aliphatic heterocycles. The molecule has 1 aromatic heterocycles. The lowest BCUT2D eigenvalue weighted by molar-refractivity contribution is -0.385. The monoisotopic (exact) mass is 240 g/mol. The quantitative estimate of drug-likeness (QED) is 0.336. The first-order valence-electron chi connectivity index (χ1n) is 3.07. The number of hydrogen-bond donors (Lipinski definition) is 0. The lowest BCUT2D eigenvalue weighted by Gasteiger charge is -1.96. The second-order valence-electron chi connectivity index (χ2n) is 2.18. The van der Waals surface area contributed by atoms with E-state index in [1.807, 2.05) is 0 Å². The third kappa shape index (κ3) is 2.15. The van der Waals surface area contributed by atoms with Gasteiger partial charge >= 0.3 is 10.2 Å². The Morgan fingerprint density at radius 3 is 2.57 bits per heavy atom. The zero-order chi connectivity index (χ0) is 10.9. The van der Waals surface area contributed by atoms with Gasteiger partial charge in [0.1, 0.15) is 11.1 Å². The van der Waals surface area contributed by atoms with E-state index in [0.717, 1.165) is 6.20 Å². The summed E-state index contributed by atoms with van der Waals surface area (Å²) in [6.07, 6.45) is 0.733. The van der Waals surface area contributed by atoms with Crippen LogP contribution in [0.5, 0.6) is 0 Å². The number of nitro groups is 1. The van der Waals surface area contributed by atoms with Crippen molar-refractivity contribution < 1.29 is 17.2 Å². The van der Waals surface area contributed by atoms with E-state index in [1.165, 1.54) is 0 Å². The van der Waals surface area contributed by atoms with Crippen LogP contribution >= 0.6 is 11.6 Å². The van der Waals surface area contributed by atoms with Crippen molar-refractivity contribution in [3.8, 4) is 0 Å². The number of aromatic nitrogens is 1. The van der Waals surface area contributed by atoms with Gasteiger partial charge < -0.3 is 0 Å². The van der Waals surface area contributed by atoms with Gasteiger partial charge in [-0.05, 0) is 0 Å². The van der Waals surface area contributed by atoms with Crippen molar-refractivity contribution in [1.29, 1.82) is 0 Å². The third-order valence-electron chi connectivity index (χ3n) is 1.27. The largest absolute Gasteiger partial charge is 0.335 e. The molecule has 0 aliphatic carbocycles. The van der Waals surface area contributed by atoms with Gasteiger partial charge in [0.25, 0.3) is 5.69 Å². The molecule has 1 aromatic rings. The van der Waals surface area contributed by atoms with Gasteiger partial charge in [-0.25, -0.2) is 4.98 Å². The van der Waals surface area contributed by atoms with Crippen molar-refractivity contribution >= 4 is 27.5 Å². The van der Waals surface area contributed by atoms with Gasteiger partial charge in [-0.15, -0.1) is 3.89 Å². The average molecular weight is 241 g/mol. The van der Waals surface area contributed by atoms with Gasteiger partial charge in [0, 0.05) is 6.07 Å². The van der Waals surface area contributed by atoms with E-state index in [9.17, 15) is 22.4 Å². The molecule has 0 fully saturated rings. The highest BCUT2D eigenvalue weighted by Gasteiger charge is 2.21. The standard InChI is InChI=1S/C5H2ClFN2O4S/c6-5-4(14(7,12)13)1-3(2-8-5)9(10)11/h1-2H. The summed E-state index contributed by atoms with van der Waals surface area (Å²) < 4.78 is 33.3. The van der Waals surface area contributed by atoms with Crippen LogP contribution in [0.4, 0.5) is 9.57 Å². The first kappa shape index (κ1) is 10.8. The Bertz CT molecular complexity index is 489. The van der Waals surface area contributed by atoms with Gasteiger partial charge in [-0.3, -0.25) is 10.1 Å². The summed E-state index contributed by atoms with van der Waals surface area (Å²) in [5.41, 5.74) is -0.648. The fraction of sp³-hybridized carbons (Fsp3) is 0. The Hall–Kier alpha value is -1.28. The minimum Gasteiger partial charge on any atom is -0.258 e. The number of pyridine rings is 1. The lowest BCUT2D eigenvalue weighted by Crippen LogP contribution is -1.98. The molecule has 0 aromatic carbocycles. The topological polar surface area (TPSA) is 90.2 Å². The second kappa shape index (κ2) is 3.46. The van der Waals surface area contributed by atoms with Crippen LogP contribution in [0.2, 0.25) is 5.15 Å². The van der Waals surface area contributed by atoms with E-state index < -0.39 is 30.9 Å². The van der Waals surface area contributed by atoms with Gasteiger partial charge in [0.05, 0.1) is 4.92 Å². The minimum atomic E-state index is -5.09. The Labute approximate surface area is 82.7 Å². The SMILES string of the molecule is O=[N+]([O-])c1cnc(Cl)c(S(=O)(=O)F)c1. The number of nitrogens with zero attached hydrogens (tertiary/aromatic N) is 2. The van der Waals surface area contributed by atoms with Crippen LogP contribution < -0.4 is 0 Å². The molecule has 0 unspecified atom stereocenters. The molecule has 0 saturated heterocycles. The van der Waals surface area contributed by atoms with Crippen molar-refractivity contribution in [3.05, 3.63) is 27.5 Å². The highest BCUT2D eigenvalue weighted by atomic mass is 35.5. The predicted molar refractivity (Wildman–Crippen MR) is 44.2 cm³/mol. The highest BCUT2D eigenvalue weighted by Crippen LogP contribution is 2.24. The Balaban J connectivity index is 3.44. The second-order valence-corrected chi connectivity index (χ2v) is 3.85. The van der Waals surface area contributed by atoms with Crippen LogP contribution in [0.25, 0.3) is 0 Å². The van der Waals surface area contributed by atoms with Crippen LogP contribution in [0, 0.1) is 10.1 Å². The zero-order valence-corrected chi connectivity index (χ0v) is 7.92. The number of halogens is 2. The van der Waals surface area contributed by atoms with Crippen LogP contribution in [-0.4, -0.2) is 18.3 Å². The van der Waals surface area contributed by atoms with E-state index in [-0.39, 0.29) is 0 Å². The molecule has 0 spiro atoms. The summed E-state index contributed by atoms with van der Waals surface area (Å²) in [6.45, 7) is 0. The molecule has 14 heavy (non-hydrogen) atoms. The first-order valence-corrected chi connectivity index (χ1v) is 4.83. The lowest BCUT2D eigenvalue weighted by atomic mass is 10.4. The predicted octanol–water partition coefficient (Wildman–Crippen LogP) is 1.30. The van der Waals surface area contributed by atoms with E-state index in [0.29, 0.717) is 6.07 Å². The summed E-state index contributed by atoms with van der Waals surface area (Å²) >= 11 is 5.23. The summed E-state index contributed by atoms with van der Waals surface area (Å²) in [5, 5.41) is 9.56. The molecular formula is C5H2ClFN2O4S. The van der Waals surface area contributed by atoms with E-state index in [1.54, 1.807) is 0 Å². The molecule has 0 atom stereocenters. The molecule has 1 heterocycles. The van der Waals surface area contributed by atoms with Gasteiger partial charge in [-0.2, -0.15) is 8.42 Å². The maximum Gasteiger partial charge on any atom is 0.335 e. The number of rotatable bonds is 2. The molecule has 1 rings (SSSR count). The molecule has 9 heteroatoms. The Morgan fingerprint density at radius 2 is 2.14 bits per heavy atom. The maximum atomic E-state index is 12.5. The fourth-order valence-corrected chi connectivity index (χ4v) is 1.58. The highest BCUT2D eigenvalue weighted by molar-refractivity contribution is 7.86. The van der Waals surface area contributed by atoms with Crippen molar-refractivity contribution in [2.75, 3.05) is 0 Å². The van der Waals surface area contributed by atoms with Crippen LogP contribution in [0.3, 0.4) is 0 Å². The Kier molecular flexibility index (Phi) is 2.67. The maximum absolute atomic E-state index is 12.5. The van der Waals surface area contributed by atoms with Gasteiger partial charge in [0.15, 0.2) is 5.15 Å². The van der Waals surface area contributed by atoms with Crippen LogP contribution in [-0.2, 0) is 10.2 Å². The average Bonchev–Trinajstić information content (AvgIpc) is 2.02. The molecule has 0 amide bonds. The number of hydrogen-bond acceptors (Lipinski definition) is 5. The zero-order valence-electron chi connectivity index (χ0n) is 6.35. The molecular weight excluding hydrogens is 239 g/mol. The molecule has 0 N–H and O–H groups in total. The van der Waals surface area contributed by atoms with E-state index in [4.69, 9.17) is 11.6 Å². The minimum absolute atomic E-state index is 0.505. The van der Waals surface area contributed by atoms with Crippen LogP contribution in [0.15, 0.2) is 17.2 Å². The van der Waals surface area contributed by atoms with Crippen LogP contribution in [0.1, 0.15) is 0 Å². The summed E-state index contributed by atoms with van der Waals surface area (Å²) in [6, 6.07) is 0.505. The van der Waals surface area contributed by atoms with Crippen molar-refractivity contribution in [2.45, 2.75) is 4.90 Å². The molecule has 0 aliphatic rings.